The SMILES string of the molecule is O=C(O)CCCCSc1cccc2c1C(=O)N(C1CCC(=O)NC1=O)C2=O. The van der Waals surface area contributed by atoms with Crippen LogP contribution in [0.25, 0.3) is 0 Å². The molecule has 2 aliphatic heterocycles. The molecule has 9 heteroatoms. The van der Waals surface area contributed by atoms with Crippen LogP contribution in [0.5, 0.6) is 0 Å². The molecule has 0 aliphatic carbocycles. The van der Waals surface area contributed by atoms with Crippen LogP contribution >= 0.6 is 11.8 Å². The Bertz CT molecular complexity index is 837. The number of carbonyl (C=O) groups is 5. The van der Waals surface area contributed by atoms with E-state index in [4.69, 9.17) is 5.11 Å². The lowest BCUT2D eigenvalue weighted by molar-refractivity contribution is -0.138. The number of imide groups is 2. The Labute approximate surface area is 159 Å². The van der Waals surface area contributed by atoms with Gasteiger partial charge < -0.3 is 5.11 Å². The van der Waals surface area contributed by atoms with Gasteiger partial charge in [-0.25, -0.2) is 0 Å². The summed E-state index contributed by atoms with van der Waals surface area (Å²) in [5, 5.41) is 10.8. The monoisotopic (exact) mass is 390 g/mol. The van der Waals surface area contributed by atoms with Crippen molar-refractivity contribution in [2.24, 2.45) is 0 Å². The summed E-state index contributed by atoms with van der Waals surface area (Å²) in [4.78, 5) is 61.1. The van der Waals surface area contributed by atoms with E-state index < -0.39 is 35.6 Å². The Hall–Kier alpha value is -2.68. The van der Waals surface area contributed by atoms with Gasteiger partial charge in [-0.1, -0.05) is 6.07 Å². The van der Waals surface area contributed by atoms with Gasteiger partial charge in [0.15, 0.2) is 0 Å². The molecule has 2 heterocycles. The van der Waals surface area contributed by atoms with Crippen molar-refractivity contribution < 1.29 is 29.1 Å². The molecule has 27 heavy (non-hydrogen) atoms. The second-order valence-electron chi connectivity index (χ2n) is 6.33. The number of rotatable bonds is 7. The van der Waals surface area contributed by atoms with Crippen LogP contribution in [0.4, 0.5) is 0 Å². The normalized spacial score (nSPS) is 19.3. The highest BCUT2D eigenvalue weighted by Crippen LogP contribution is 2.34. The predicted molar refractivity (Wildman–Crippen MR) is 95.3 cm³/mol. The Morgan fingerprint density at radius 1 is 1.19 bits per heavy atom. The number of hydrogen-bond acceptors (Lipinski definition) is 6. The van der Waals surface area contributed by atoms with Crippen LogP contribution in [-0.2, 0) is 14.4 Å². The van der Waals surface area contributed by atoms with Crippen LogP contribution in [-0.4, -0.2) is 51.4 Å². The fraction of sp³-hybridized carbons (Fsp3) is 0.389. The first kappa shape index (κ1) is 19.1. The van der Waals surface area contributed by atoms with E-state index >= 15 is 0 Å². The van der Waals surface area contributed by atoms with Crippen LogP contribution in [0.1, 0.15) is 52.8 Å². The summed E-state index contributed by atoms with van der Waals surface area (Å²) in [7, 11) is 0. The zero-order valence-electron chi connectivity index (χ0n) is 14.4. The zero-order valence-corrected chi connectivity index (χ0v) is 15.2. The van der Waals surface area contributed by atoms with E-state index in [9.17, 15) is 24.0 Å². The average molecular weight is 390 g/mol. The molecule has 0 radical (unpaired) electrons. The van der Waals surface area contributed by atoms with E-state index in [1.54, 1.807) is 18.2 Å². The van der Waals surface area contributed by atoms with Gasteiger partial charge in [0.05, 0.1) is 11.1 Å². The Morgan fingerprint density at radius 2 is 1.96 bits per heavy atom. The van der Waals surface area contributed by atoms with Crippen molar-refractivity contribution in [1.29, 1.82) is 0 Å². The van der Waals surface area contributed by atoms with Crippen LogP contribution < -0.4 is 5.32 Å². The molecule has 142 valence electrons. The molecule has 2 aliphatic rings. The van der Waals surface area contributed by atoms with Gasteiger partial charge in [0, 0.05) is 17.7 Å². The molecule has 0 saturated carbocycles. The first-order valence-corrected chi connectivity index (χ1v) is 9.58. The lowest BCUT2D eigenvalue weighted by Gasteiger charge is -2.27. The fourth-order valence-corrected chi connectivity index (χ4v) is 4.25. The van der Waals surface area contributed by atoms with E-state index in [2.05, 4.69) is 5.32 Å². The predicted octanol–water partition coefficient (Wildman–Crippen LogP) is 1.43. The highest BCUT2D eigenvalue weighted by atomic mass is 32.2. The van der Waals surface area contributed by atoms with Gasteiger partial charge in [0.2, 0.25) is 11.8 Å². The number of amides is 4. The summed E-state index contributed by atoms with van der Waals surface area (Å²) in [6.07, 6.45) is 1.49. The molecule has 0 spiro atoms. The van der Waals surface area contributed by atoms with Gasteiger partial charge in [-0.05, 0) is 37.1 Å². The molecule has 4 amide bonds. The molecule has 1 saturated heterocycles. The molecule has 3 rings (SSSR count). The maximum Gasteiger partial charge on any atom is 0.303 e. The van der Waals surface area contributed by atoms with Crippen LogP contribution in [0.3, 0.4) is 0 Å². The van der Waals surface area contributed by atoms with Crippen LogP contribution in [0.15, 0.2) is 23.1 Å². The summed E-state index contributed by atoms with van der Waals surface area (Å²) < 4.78 is 0. The molecule has 0 bridgehead atoms. The van der Waals surface area contributed by atoms with Crippen molar-refractivity contribution in [3.63, 3.8) is 0 Å². The number of aliphatic carboxylic acids is 1. The van der Waals surface area contributed by atoms with E-state index in [-0.39, 0.29) is 30.4 Å². The summed E-state index contributed by atoms with van der Waals surface area (Å²) in [6.45, 7) is 0. The minimum absolute atomic E-state index is 0.0784. The standard InChI is InChI=1S/C18H18N2O6S/c21-13-8-7-11(16(24)19-13)20-17(25)10-4-3-5-12(15(10)18(20)26)27-9-2-1-6-14(22)23/h3-5,11H,1-2,6-9H2,(H,22,23)(H,19,21,24). The van der Waals surface area contributed by atoms with Gasteiger partial charge in [-0.15, -0.1) is 11.8 Å². The summed E-state index contributed by atoms with van der Waals surface area (Å²) in [5.74, 6) is -2.34. The van der Waals surface area contributed by atoms with Crippen molar-refractivity contribution in [2.45, 2.75) is 43.0 Å². The van der Waals surface area contributed by atoms with E-state index in [1.807, 2.05) is 0 Å². The second kappa shape index (κ2) is 7.91. The second-order valence-corrected chi connectivity index (χ2v) is 7.46. The summed E-state index contributed by atoms with van der Waals surface area (Å²) >= 11 is 1.39. The number of nitrogens with zero attached hydrogens (tertiary/aromatic N) is 1. The van der Waals surface area contributed by atoms with Crippen molar-refractivity contribution in [2.75, 3.05) is 5.75 Å². The van der Waals surface area contributed by atoms with Crippen molar-refractivity contribution in [3.8, 4) is 0 Å². The molecule has 1 aromatic rings. The summed E-state index contributed by atoms with van der Waals surface area (Å²) in [6, 6.07) is 3.98. The first-order valence-electron chi connectivity index (χ1n) is 8.59. The Balaban J connectivity index is 1.75. The average Bonchev–Trinajstić information content (AvgIpc) is 2.87. The number of piperidine rings is 1. The van der Waals surface area contributed by atoms with E-state index in [0.29, 0.717) is 23.5 Å². The molecule has 1 unspecified atom stereocenters. The van der Waals surface area contributed by atoms with Crippen molar-refractivity contribution in [3.05, 3.63) is 29.3 Å². The maximum absolute atomic E-state index is 12.9. The van der Waals surface area contributed by atoms with Crippen LogP contribution in [0.2, 0.25) is 0 Å². The molecule has 8 nitrogen and oxygen atoms in total. The highest BCUT2D eigenvalue weighted by Gasteiger charge is 2.45. The third kappa shape index (κ3) is 3.87. The van der Waals surface area contributed by atoms with Gasteiger partial charge in [-0.3, -0.25) is 34.2 Å². The molecule has 2 N–H and O–H groups in total. The quantitative estimate of drug-likeness (QED) is 0.410. The van der Waals surface area contributed by atoms with Crippen molar-refractivity contribution in [1.82, 2.24) is 10.2 Å². The van der Waals surface area contributed by atoms with Crippen LogP contribution in [0, 0.1) is 0 Å². The zero-order chi connectivity index (χ0) is 19.6. The van der Waals surface area contributed by atoms with Gasteiger partial charge in [-0.2, -0.15) is 0 Å². The molecular weight excluding hydrogens is 372 g/mol. The molecule has 0 aromatic heterocycles. The summed E-state index contributed by atoms with van der Waals surface area (Å²) in [5.41, 5.74) is 0.524. The number of benzene rings is 1. The molecule has 1 aromatic carbocycles. The number of fused-ring (bicyclic) bond motifs is 1. The third-order valence-electron chi connectivity index (χ3n) is 4.47. The van der Waals surface area contributed by atoms with E-state index in [0.717, 1.165) is 4.90 Å². The number of hydrogen-bond donors (Lipinski definition) is 2. The number of thioether (sulfide) groups is 1. The Kier molecular flexibility index (Phi) is 5.59. The molecule has 1 fully saturated rings. The lowest BCUT2D eigenvalue weighted by Crippen LogP contribution is -2.54. The lowest BCUT2D eigenvalue weighted by atomic mass is 10.0. The molecular formula is C18H18N2O6S. The minimum atomic E-state index is -0.983. The third-order valence-corrected chi connectivity index (χ3v) is 5.62. The molecule has 1 atom stereocenters. The highest BCUT2D eigenvalue weighted by molar-refractivity contribution is 7.99. The van der Waals surface area contributed by atoms with Crippen molar-refractivity contribution >= 4 is 41.4 Å². The maximum atomic E-state index is 12.9. The van der Waals surface area contributed by atoms with Gasteiger partial charge >= 0.3 is 5.97 Å². The number of carboxylic acid groups (broad SMARTS) is 1. The first-order chi connectivity index (χ1) is 12.9. The van der Waals surface area contributed by atoms with Gasteiger partial charge in [0.25, 0.3) is 11.8 Å². The largest absolute Gasteiger partial charge is 0.481 e. The topological polar surface area (TPSA) is 121 Å². The number of unbranched alkanes of at least 4 members (excludes halogenated alkanes) is 1. The van der Waals surface area contributed by atoms with E-state index in [1.165, 1.54) is 11.8 Å². The van der Waals surface area contributed by atoms with Gasteiger partial charge in [0.1, 0.15) is 6.04 Å². The minimum Gasteiger partial charge on any atom is -0.481 e. The number of nitrogens with one attached hydrogen (secondary N) is 1. The smallest absolute Gasteiger partial charge is 0.303 e. The Morgan fingerprint density at radius 3 is 2.67 bits per heavy atom. The number of carboxylic acids is 1. The number of carbonyl (C=O) groups excluding carboxylic acids is 4. The fourth-order valence-electron chi connectivity index (χ4n) is 3.16.